The smallest absolute Gasteiger partial charge is 0.285 e. The Labute approximate surface area is 113 Å². The molecule has 0 radical (unpaired) electrons. The number of nitrogens with one attached hydrogen (secondary N) is 1. The summed E-state index contributed by atoms with van der Waals surface area (Å²) < 4.78 is 0.372. The van der Waals surface area contributed by atoms with Gasteiger partial charge in [-0.1, -0.05) is 6.92 Å². The van der Waals surface area contributed by atoms with Crippen LogP contribution in [-0.4, -0.2) is 17.4 Å². The molecule has 1 rings (SSSR count). The lowest BCUT2D eigenvalue weighted by Crippen LogP contribution is -2.28. The number of rotatable bonds is 5. The molecular weight excluding hydrogens is 302 g/mol. The summed E-state index contributed by atoms with van der Waals surface area (Å²) in [4.78, 5) is 22.0. The minimum Gasteiger partial charge on any atom is -0.330 e. The molecule has 0 spiro atoms. The Balaban J connectivity index is 2.89. The van der Waals surface area contributed by atoms with Crippen LogP contribution >= 0.6 is 15.9 Å². The lowest BCUT2D eigenvalue weighted by atomic mass is 10.1. The van der Waals surface area contributed by atoms with Crippen molar-refractivity contribution in [3.63, 3.8) is 0 Å². The van der Waals surface area contributed by atoms with Crippen LogP contribution in [0.5, 0.6) is 0 Å². The fraction of sp³-hybridized carbons (Fsp3) is 0.364. The Morgan fingerprint density at radius 1 is 1.61 bits per heavy atom. The average molecular weight is 316 g/mol. The maximum Gasteiger partial charge on any atom is 0.285 e. The summed E-state index contributed by atoms with van der Waals surface area (Å²) in [6.45, 7) is 2.11. The van der Waals surface area contributed by atoms with Crippen LogP contribution in [0.3, 0.4) is 0 Å². The van der Waals surface area contributed by atoms with Gasteiger partial charge in [-0.2, -0.15) is 0 Å². The van der Waals surface area contributed by atoms with Gasteiger partial charge in [0, 0.05) is 18.3 Å². The minimum atomic E-state index is -0.514. The van der Waals surface area contributed by atoms with Gasteiger partial charge in [0.2, 0.25) is 5.91 Å². The maximum absolute atomic E-state index is 11.8. The zero-order valence-electron chi connectivity index (χ0n) is 9.85. The Bertz CT molecular complexity index is 461. The highest BCUT2D eigenvalue weighted by Crippen LogP contribution is 2.28. The number of nitro groups is 1. The van der Waals surface area contributed by atoms with Crippen molar-refractivity contribution in [2.45, 2.75) is 13.3 Å². The Kier molecular flexibility index (Phi) is 5.24. The number of carbonyl (C=O) groups is 1. The Hall–Kier alpha value is -1.47. The van der Waals surface area contributed by atoms with Gasteiger partial charge in [0.25, 0.3) is 5.69 Å². The van der Waals surface area contributed by atoms with E-state index in [2.05, 4.69) is 21.2 Å². The highest BCUT2D eigenvalue weighted by molar-refractivity contribution is 9.10. The predicted octanol–water partition coefficient (Wildman–Crippen LogP) is 2.28. The Morgan fingerprint density at radius 3 is 2.78 bits per heavy atom. The first-order chi connectivity index (χ1) is 8.49. The SMILES string of the molecule is CCC(CN)C(=O)Nc1ccc(Br)c([N+](=O)[O-])c1. The molecule has 3 N–H and O–H groups in total. The molecule has 1 atom stereocenters. The topological polar surface area (TPSA) is 98.3 Å². The van der Waals surface area contributed by atoms with E-state index >= 15 is 0 Å². The van der Waals surface area contributed by atoms with Crippen LogP contribution < -0.4 is 11.1 Å². The molecule has 7 heteroatoms. The number of nitro benzene ring substituents is 1. The van der Waals surface area contributed by atoms with Crippen LogP contribution in [0.2, 0.25) is 0 Å². The molecule has 0 saturated heterocycles. The molecule has 98 valence electrons. The van der Waals surface area contributed by atoms with Crippen molar-refractivity contribution in [2.75, 3.05) is 11.9 Å². The Morgan fingerprint density at radius 2 is 2.28 bits per heavy atom. The summed E-state index contributed by atoms with van der Waals surface area (Å²) >= 11 is 3.08. The van der Waals surface area contributed by atoms with Crippen LogP contribution in [0.1, 0.15) is 13.3 Å². The number of anilines is 1. The molecule has 0 bridgehead atoms. The van der Waals surface area contributed by atoms with E-state index in [1.165, 1.54) is 12.1 Å². The van der Waals surface area contributed by atoms with Gasteiger partial charge < -0.3 is 11.1 Å². The third-order valence-corrected chi connectivity index (χ3v) is 3.23. The van der Waals surface area contributed by atoms with Crippen molar-refractivity contribution in [3.8, 4) is 0 Å². The number of benzene rings is 1. The number of amides is 1. The van der Waals surface area contributed by atoms with Crippen molar-refractivity contribution in [3.05, 3.63) is 32.8 Å². The molecule has 0 aliphatic carbocycles. The summed E-state index contributed by atoms with van der Waals surface area (Å²) in [7, 11) is 0. The van der Waals surface area contributed by atoms with Crippen molar-refractivity contribution >= 4 is 33.2 Å². The second-order valence-corrected chi connectivity index (χ2v) is 4.61. The van der Waals surface area contributed by atoms with Gasteiger partial charge >= 0.3 is 0 Å². The molecule has 6 nitrogen and oxygen atoms in total. The standard InChI is InChI=1S/C11H14BrN3O3/c1-2-7(6-13)11(16)14-8-3-4-9(12)10(5-8)15(17)18/h3-5,7H,2,6,13H2,1H3,(H,14,16). The molecule has 0 aliphatic heterocycles. The molecule has 1 aromatic carbocycles. The molecule has 18 heavy (non-hydrogen) atoms. The van der Waals surface area contributed by atoms with E-state index in [0.29, 0.717) is 16.6 Å². The van der Waals surface area contributed by atoms with Crippen LogP contribution in [0.4, 0.5) is 11.4 Å². The van der Waals surface area contributed by atoms with Crippen molar-refractivity contribution in [1.29, 1.82) is 0 Å². The summed E-state index contributed by atoms with van der Waals surface area (Å²) in [6.07, 6.45) is 0.626. The van der Waals surface area contributed by atoms with E-state index in [1.54, 1.807) is 6.07 Å². The van der Waals surface area contributed by atoms with E-state index in [1.807, 2.05) is 6.92 Å². The number of nitrogens with zero attached hydrogens (tertiary/aromatic N) is 1. The number of hydrogen-bond acceptors (Lipinski definition) is 4. The van der Waals surface area contributed by atoms with E-state index < -0.39 is 4.92 Å². The average Bonchev–Trinajstić information content (AvgIpc) is 2.32. The summed E-state index contributed by atoms with van der Waals surface area (Å²) in [5.41, 5.74) is 5.76. The minimum absolute atomic E-state index is 0.0893. The van der Waals surface area contributed by atoms with Crippen LogP contribution in [0, 0.1) is 16.0 Å². The molecule has 0 aromatic heterocycles. The molecular formula is C11H14BrN3O3. The van der Waals surface area contributed by atoms with E-state index in [0.717, 1.165) is 0 Å². The summed E-state index contributed by atoms with van der Waals surface area (Å²) in [5, 5.41) is 13.4. The van der Waals surface area contributed by atoms with Crippen LogP contribution in [0.15, 0.2) is 22.7 Å². The number of carbonyl (C=O) groups excluding carboxylic acids is 1. The van der Waals surface area contributed by atoms with E-state index in [-0.39, 0.29) is 24.1 Å². The van der Waals surface area contributed by atoms with E-state index in [9.17, 15) is 14.9 Å². The first-order valence-electron chi connectivity index (χ1n) is 5.44. The number of halogens is 1. The van der Waals surface area contributed by atoms with Gasteiger partial charge in [0.15, 0.2) is 0 Å². The number of hydrogen-bond donors (Lipinski definition) is 2. The van der Waals surface area contributed by atoms with Gasteiger partial charge in [-0.15, -0.1) is 0 Å². The maximum atomic E-state index is 11.8. The zero-order valence-corrected chi connectivity index (χ0v) is 11.4. The lowest BCUT2D eigenvalue weighted by Gasteiger charge is -2.12. The van der Waals surface area contributed by atoms with Gasteiger partial charge in [-0.25, -0.2) is 0 Å². The fourth-order valence-electron chi connectivity index (χ4n) is 1.43. The van der Waals surface area contributed by atoms with Gasteiger partial charge in [0.1, 0.15) is 0 Å². The first-order valence-corrected chi connectivity index (χ1v) is 6.23. The summed E-state index contributed by atoms with van der Waals surface area (Å²) in [6, 6.07) is 4.43. The fourth-order valence-corrected chi connectivity index (χ4v) is 1.83. The quantitative estimate of drug-likeness (QED) is 0.643. The molecule has 1 amide bonds. The molecule has 0 heterocycles. The van der Waals surface area contributed by atoms with E-state index in [4.69, 9.17) is 5.73 Å². The number of nitrogens with two attached hydrogens (primary N) is 1. The normalized spacial score (nSPS) is 11.9. The lowest BCUT2D eigenvalue weighted by molar-refractivity contribution is -0.385. The van der Waals surface area contributed by atoms with Crippen LogP contribution in [0.25, 0.3) is 0 Å². The van der Waals surface area contributed by atoms with Crippen molar-refractivity contribution in [2.24, 2.45) is 11.7 Å². The molecule has 0 fully saturated rings. The zero-order chi connectivity index (χ0) is 13.7. The highest BCUT2D eigenvalue weighted by atomic mass is 79.9. The van der Waals surface area contributed by atoms with Gasteiger partial charge in [0.05, 0.1) is 15.3 Å². The molecule has 0 aliphatic rings. The third kappa shape index (κ3) is 3.51. The summed E-state index contributed by atoms with van der Waals surface area (Å²) in [5.74, 6) is -0.510. The van der Waals surface area contributed by atoms with Crippen molar-refractivity contribution in [1.82, 2.24) is 0 Å². The molecule has 1 aromatic rings. The largest absolute Gasteiger partial charge is 0.330 e. The second kappa shape index (κ2) is 6.46. The third-order valence-electron chi connectivity index (χ3n) is 2.56. The molecule has 0 saturated carbocycles. The monoisotopic (exact) mass is 315 g/mol. The second-order valence-electron chi connectivity index (χ2n) is 3.75. The molecule has 1 unspecified atom stereocenters. The highest BCUT2D eigenvalue weighted by Gasteiger charge is 2.17. The van der Waals surface area contributed by atoms with Gasteiger partial charge in [-0.3, -0.25) is 14.9 Å². The predicted molar refractivity (Wildman–Crippen MR) is 72.3 cm³/mol. The van der Waals surface area contributed by atoms with Gasteiger partial charge in [-0.05, 0) is 34.5 Å². The van der Waals surface area contributed by atoms with Crippen LogP contribution in [-0.2, 0) is 4.79 Å². The first kappa shape index (κ1) is 14.6. The van der Waals surface area contributed by atoms with Crippen molar-refractivity contribution < 1.29 is 9.72 Å².